The molecule has 2 aromatic heterocycles. The molecule has 8 nitrogen and oxygen atoms in total. The smallest absolute Gasteiger partial charge is 0.305 e. The first-order valence-electron chi connectivity index (χ1n) is 5.80. The molecule has 1 amide bonds. The van der Waals surface area contributed by atoms with E-state index in [2.05, 4.69) is 15.4 Å². The number of aliphatic carboxylic acids is 1. The lowest BCUT2D eigenvalue weighted by Gasteiger charge is -2.10. The predicted octanol–water partition coefficient (Wildman–Crippen LogP) is 0.00780. The number of aromatic nitrogens is 3. The molecule has 0 bridgehead atoms. The zero-order chi connectivity index (χ0) is 14.5. The van der Waals surface area contributed by atoms with Crippen LogP contribution in [0.15, 0.2) is 36.8 Å². The van der Waals surface area contributed by atoms with Gasteiger partial charge in [-0.05, 0) is 18.2 Å². The van der Waals surface area contributed by atoms with Gasteiger partial charge in [0.15, 0.2) is 5.82 Å². The number of carbonyl (C=O) groups is 2. The van der Waals surface area contributed by atoms with Crippen molar-refractivity contribution in [3.63, 3.8) is 0 Å². The number of anilines is 1. The molecule has 0 aliphatic rings. The summed E-state index contributed by atoms with van der Waals surface area (Å²) in [5.74, 6) is -1.09. The minimum absolute atomic E-state index is 0.426. The van der Waals surface area contributed by atoms with Gasteiger partial charge in [-0.3, -0.25) is 9.59 Å². The average Bonchev–Trinajstić information content (AvgIpc) is 2.92. The fourth-order valence-corrected chi connectivity index (χ4v) is 1.52. The molecule has 2 heterocycles. The number of nitrogens with zero attached hydrogens (tertiary/aromatic N) is 3. The van der Waals surface area contributed by atoms with Crippen LogP contribution in [0.5, 0.6) is 0 Å². The summed E-state index contributed by atoms with van der Waals surface area (Å²) in [6.45, 7) is 0. The lowest BCUT2D eigenvalue weighted by atomic mass is 10.2. The molecule has 0 aliphatic carbocycles. The summed E-state index contributed by atoms with van der Waals surface area (Å²) in [5.41, 5.74) is 5.88. The van der Waals surface area contributed by atoms with Gasteiger partial charge in [0.1, 0.15) is 0 Å². The Morgan fingerprint density at radius 3 is 2.80 bits per heavy atom. The van der Waals surface area contributed by atoms with Crippen LogP contribution in [0.25, 0.3) is 5.82 Å². The lowest BCUT2D eigenvalue weighted by Crippen LogP contribution is -2.37. The molecule has 0 saturated heterocycles. The Hall–Kier alpha value is -2.74. The summed E-state index contributed by atoms with van der Waals surface area (Å²) in [6.07, 6.45) is 4.39. The van der Waals surface area contributed by atoms with Crippen molar-refractivity contribution in [3.05, 3.63) is 36.8 Å². The number of hydrogen-bond donors (Lipinski definition) is 3. The third-order valence-corrected chi connectivity index (χ3v) is 2.49. The van der Waals surface area contributed by atoms with Crippen molar-refractivity contribution in [2.75, 3.05) is 5.32 Å². The zero-order valence-corrected chi connectivity index (χ0v) is 10.4. The summed E-state index contributed by atoms with van der Waals surface area (Å²) in [4.78, 5) is 26.2. The lowest BCUT2D eigenvalue weighted by molar-refractivity contribution is -0.138. The third kappa shape index (κ3) is 3.39. The fraction of sp³-hybridized carbons (Fsp3) is 0.167. The van der Waals surface area contributed by atoms with E-state index in [0.29, 0.717) is 11.5 Å². The van der Waals surface area contributed by atoms with Crippen LogP contribution in [0.3, 0.4) is 0 Å². The second-order valence-corrected chi connectivity index (χ2v) is 4.05. The van der Waals surface area contributed by atoms with E-state index in [1.54, 1.807) is 35.3 Å². The molecule has 8 heteroatoms. The topological polar surface area (TPSA) is 123 Å². The van der Waals surface area contributed by atoms with E-state index in [1.165, 1.54) is 6.20 Å². The van der Waals surface area contributed by atoms with Gasteiger partial charge in [-0.2, -0.15) is 5.10 Å². The summed E-state index contributed by atoms with van der Waals surface area (Å²) in [6, 6.07) is 3.97. The number of rotatable bonds is 5. The normalized spacial score (nSPS) is 11.8. The number of carboxylic acids is 1. The Morgan fingerprint density at radius 2 is 2.25 bits per heavy atom. The number of carboxylic acid groups (broad SMARTS) is 1. The highest BCUT2D eigenvalue weighted by atomic mass is 16.4. The van der Waals surface area contributed by atoms with Crippen molar-refractivity contribution >= 4 is 17.6 Å². The number of carbonyl (C=O) groups excluding carboxylic acids is 1. The summed E-state index contributed by atoms with van der Waals surface area (Å²) in [5, 5.41) is 15.1. The molecule has 1 unspecified atom stereocenters. The summed E-state index contributed by atoms with van der Waals surface area (Å²) < 4.78 is 1.57. The zero-order valence-electron chi connectivity index (χ0n) is 10.4. The van der Waals surface area contributed by atoms with Crippen molar-refractivity contribution < 1.29 is 14.7 Å². The third-order valence-electron chi connectivity index (χ3n) is 2.49. The number of nitrogens with two attached hydrogens (primary N) is 1. The van der Waals surface area contributed by atoms with Crippen molar-refractivity contribution in [3.8, 4) is 5.82 Å². The Balaban J connectivity index is 2.00. The highest BCUT2D eigenvalue weighted by molar-refractivity contribution is 5.96. The number of nitrogens with one attached hydrogen (secondary N) is 1. The van der Waals surface area contributed by atoms with Gasteiger partial charge in [-0.25, -0.2) is 9.67 Å². The molecule has 2 aromatic rings. The van der Waals surface area contributed by atoms with Gasteiger partial charge in [0.25, 0.3) is 0 Å². The van der Waals surface area contributed by atoms with Crippen LogP contribution in [0.1, 0.15) is 6.42 Å². The molecule has 104 valence electrons. The second-order valence-electron chi connectivity index (χ2n) is 4.05. The Morgan fingerprint density at radius 1 is 1.45 bits per heavy atom. The largest absolute Gasteiger partial charge is 0.481 e. The molecular formula is C12H13N5O3. The van der Waals surface area contributed by atoms with E-state index in [0.717, 1.165) is 0 Å². The quantitative estimate of drug-likeness (QED) is 0.706. The van der Waals surface area contributed by atoms with Gasteiger partial charge < -0.3 is 16.2 Å². The van der Waals surface area contributed by atoms with E-state index in [4.69, 9.17) is 10.8 Å². The van der Waals surface area contributed by atoms with Crippen LogP contribution in [0, 0.1) is 0 Å². The average molecular weight is 275 g/mol. The van der Waals surface area contributed by atoms with E-state index in [-0.39, 0.29) is 0 Å². The molecule has 1 atom stereocenters. The Bertz CT molecular complexity index is 594. The summed E-state index contributed by atoms with van der Waals surface area (Å²) >= 11 is 0. The van der Waals surface area contributed by atoms with E-state index in [9.17, 15) is 9.59 Å². The number of amides is 1. The monoisotopic (exact) mass is 275 g/mol. The molecule has 0 saturated carbocycles. The van der Waals surface area contributed by atoms with Crippen molar-refractivity contribution in [1.29, 1.82) is 0 Å². The molecule has 20 heavy (non-hydrogen) atoms. The maximum atomic E-state index is 11.6. The maximum absolute atomic E-state index is 11.6. The molecular weight excluding hydrogens is 262 g/mol. The van der Waals surface area contributed by atoms with Gasteiger partial charge in [-0.1, -0.05) is 0 Å². The second kappa shape index (κ2) is 5.93. The molecule has 0 aliphatic heterocycles. The SMILES string of the molecule is NC(CC(=O)O)C(=O)Nc1ccc(-n2cccn2)nc1. The maximum Gasteiger partial charge on any atom is 0.305 e. The first-order chi connectivity index (χ1) is 9.56. The van der Waals surface area contributed by atoms with Gasteiger partial charge >= 0.3 is 5.97 Å². The van der Waals surface area contributed by atoms with Crippen molar-refractivity contribution in [2.45, 2.75) is 12.5 Å². The van der Waals surface area contributed by atoms with E-state index in [1.807, 2.05) is 0 Å². The molecule has 0 aromatic carbocycles. The molecule has 0 fully saturated rings. The van der Waals surface area contributed by atoms with Gasteiger partial charge in [0.2, 0.25) is 5.91 Å². The number of pyridine rings is 1. The van der Waals surface area contributed by atoms with Gasteiger partial charge in [-0.15, -0.1) is 0 Å². The van der Waals surface area contributed by atoms with Crippen molar-refractivity contribution in [1.82, 2.24) is 14.8 Å². The molecule has 4 N–H and O–H groups in total. The van der Waals surface area contributed by atoms with Crippen LogP contribution >= 0.6 is 0 Å². The minimum Gasteiger partial charge on any atom is -0.481 e. The Labute approximate surface area is 114 Å². The van der Waals surface area contributed by atoms with Crippen LogP contribution in [-0.2, 0) is 9.59 Å². The van der Waals surface area contributed by atoms with Crippen molar-refractivity contribution in [2.24, 2.45) is 5.73 Å². The van der Waals surface area contributed by atoms with Crippen LogP contribution < -0.4 is 11.1 Å². The molecule has 0 spiro atoms. The number of hydrogen-bond acceptors (Lipinski definition) is 5. The van der Waals surface area contributed by atoms with Gasteiger partial charge in [0, 0.05) is 12.4 Å². The van der Waals surface area contributed by atoms with E-state index < -0.39 is 24.3 Å². The van der Waals surface area contributed by atoms with Crippen LogP contribution in [0.2, 0.25) is 0 Å². The van der Waals surface area contributed by atoms with Crippen LogP contribution in [-0.4, -0.2) is 37.8 Å². The molecule has 2 rings (SSSR count). The van der Waals surface area contributed by atoms with Gasteiger partial charge in [0.05, 0.1) is 24.3 Å². The highest BCUT2D eigenvalue weighted by Gasteiger charge is 2.17. The standard InChI is InChI=1S/C12H13N5O3/c13-9(6-11(18)19)12(20)16-8-2-3-10(14-7-8)17-5-1-4-15-17/h1-5,7,9H,6,13H2,(H,16,20)(H,18,19). The fourth-order valence-electron chi connectivity index (χ4n) is 1.52. The summed E-state index contributed by atoms with van der Waals surface area (Å²) in [7, 11) is 0. The predicted molar refractivity (Wildman–Crippen MR) is 70.2 cm³/mol. The minimum atomic E-state index is -1.13. The first-order valence-corrected chi connectivity index (χ1v) is 5.80. The molecule has 0 radical (unpaired) electrons. The first kappa shape index (κ1) is 13.7. The Kier molecular flexibility index (Phi) is 4.06. The highest BCUT2D eigenvalue weighted by Crippen LogP contribution is 2.09. The van der Waals surface area contributed by atoms with E-state index >= 15 is 0 Å². The van der Waals surface area contributed by atoms with Crippen LogP contribution in [0.4, 0.5) is 5.69 Å².